The van der Waals surface area contributed by atoms with E-state index >= 15 is 0 Å². The zero-order valence-electron chi connectivity index (χ0n) is 16.2. The highest BCUT2D eigenvalue weighted by Crippen LogP contribution is 2.62. The summed E-state index contributed by atoms with van der Waals surface area (Å²) in [5, 5.41) is 50.5. The minimum Gasteiger partial charge on any atom is -0.394 e. The lowest BCUT2D eigenvalue weighted by molar-refractivity contribution is -0.312. The van der Waals surface area contributed by atoms with Crippen molar-refractivity contribution in [2.24, 2.45) is 16.7 Å². The van der Waals surface area contributed by atoms with E-state index < -0.39 is 48.3 Å². The molecule has 0 aromatic rings. The normalized spacial score (nSPS) is 49.9. The Balaban J connectivity index is 1.74. The predicted octanol–water partition coefficient (Wildman–Crippen LogP) is -0.661. The molecule has 0 aromatic heterocycles. The molecule has 0 aromatic carbocycles. The van der Waals surface area contributed by atoms with E-state index in [1.54, 1.807) is 0 Å². The molecule has 156 valence electrons. The maximum absolute atomic E-state index is 12.3. The second kappa shape index (κ2) is 7.02. The molecule has 1 heterocycles. The minimum atomic E-state index is -1.53. The van der Waals surface area contributed by atoms with E-state index in [0.717, 1.165) is 6.42 Å². The molecule has 1 unspecified atom stereocenters. The summed E-state index contributed by atoms with van der Waals surface area (Å²) in [5.41, 5.74) is -2.14. The summed E-state index contributed by atoms with van der Waals surface area (Å²) in [7, 11) is 0. The molecule has 1 aliphatic heterocycles. The van der Waals surface area contributed by atoms with Gasteiger partial charge in [-0.2, -0.15) is 0 Å². The van der Waals surface area contributed by atoms with Gasteiger partial charge in [-0.15, -0.1) is 0 Å². The fraction of sp³-hybridized carbons (Fsp3) is 0.947. The first-order valence-corrected chi connectivity index (χ1v) is 9.61. The van der Waals surface area contributed by atoms with Crippen molar-refractivity contribution >= 4 is 5.78 Å². The third kappa shape index (κ3) is 3.35. The fourth-order valence-corrected chi connectivity index (χ4v) is 5.62. The van der Waals surface area contributed by atoms with Gasteiger partial charge in [0.1, 0.15) is 30.2 Å². The van der Waals surface area contributed by atoms with Crippen LogP contribution < -0.4 is 0 Å². The topological polar surface area (TPSA) is 137 Å². The van der Waals surface area contributed by atoms with Gasteiger partial charge in [0.05, 0.1) is 18.8 Å². The van der Waals surface area contributed by atoms with Crippen molar-refractivity contribution in [3.05, 3.63) is 0 Å². The van der Waals surface area contributed by atoms with Gasteiger partial charge in [0.25, 0.3) is 0 Å². The first-order chi connectivity index (χ1) is 12.4. The fourth-order valence-electron chi connectivity index (χ4n) is 5.62. The van der Waals surface area contributed by atoms with Gasteiger partial charge < -0.3 is 35.0 Å². The van der Waals surface area contributed by atoms with E-state index in [-0.39, 0.29) is 30.1 Å². The van der Waals surface area contributed by atoms with Crippen LogP contribution in [0, 0.1) is 16.7 Å². The molecule has 0 bridgehead atoms. The van der Waals surface area contributed by atoms with Crippen molar-refractivity contribution in [3.63, 3.8) is 0 Å². The van der Waals surface area contributed by atoms with Crippen LogP contribution in [-0.2, 0) is 14.3 Å². The number of carbonyl (C=O) groups is 1. The molecule has 3 aliphatic rings. The van der Waals surface area contributed by atoms with Crippen LogP contribution >= 0.6 is 0 Å². The lowest BCUT2D eigenvalue weighted by Crippen LogP contribution is -2.61. The predicted molar refractivity (Wildman–Crippen MR) is 93.5 cm³/mol. The Labute approximate surface area is 159 Å². The van der Waals surface area contributed by atoms with Gasteiger partial charge in [-0.25, -0.2) is 0 Å². The number of Topliss-reactive ketones (excluding diaryl/α,β-unsaturated/α-hetero) is 1. The molecule has 0 radical (unpaired) electrons. The van der Waals surface area contributed by atoms with E-state index in [1.807, 2.05) is 6.92 Å². The van der Waals surface area contributed by atoms with Gasteiger partial charge in [-0.3, -0.25) is 4.79 Å². The molecule has 8 nitrogen and oxygen atoms in total. The van der Waals surface area contributed by atoms with Crippen molar-refractivity contribution in [3.8, 4) is 0 Å². The molecule has 5 N–H and O–H groups in total. The van der Waals surface area contributed by atoms with Crippen LogP contribution in [0.1, 0.15) is 46.5 Å². The van der Waals surface area contributed by atoms with E-state index in [4.69, 9.17) is 9.47 Å². The maximum atomic E-state index is 12.3. The minimum absolute atomic E-state index is 0.118. The largest absolute Gasteiger partial charge is 0.394 e. The number of fused-ring (bicyclic) bond motifs is 1. The molecule has 27 heavy (non-hydrogen) atoms. The third-order valence-electron chi connectivity index (χ3n) is 7.17. The molecule has 2 aliphatic carbocycles. The molecule has 0 spiro atoms. The maximum Gasteiger partial charge on any atom is 0.186 e. The van der Waals surface area contributed by atoms with Crippen LogP contribution in [0.3, 0.4) is 0 Å². The Morgan fingerprint density at radius 1 is 1.11 bits per heavy atom. The molecular formula is C19H32O8. The number of aliphatic hydroxyl groups is 5. The molecule has 8 heteroatoms. The highest BCUT2D eigenvalue weighted by molar-refractivity contribution is 5.81. The summed E-state index contributed by atoms with van der Waals surface area (Å²) in [5.74, 6) is 0.276. The van der Waals surface area contributed by atoms with Gasteiger partial charge in [0, 0.05) is 18.3 Å². The van der Waals surface area contributed by atoms with Crippen molar-refractivity contribution in [2.45, 2.75) is 82.8 Å². The Kier molecular flexibility index (Phi) is 5.49. The van der Waals surface area contributed by atoms with Gasteiger partial charge in [0.2, 0.25) is 0 Å². The number of ether oxygens (including phenoxy) is 2. The smallest absolute Gasteiger partial charge is 0.186 e. The van der Waals surface area contributed by atoms with Crippen LogP contribution in [-0.4, -0.2) is 80.8 Å². The van der Waals surface area contributed by atoms with Crippen molar-refractivity contribution < 1.29 is 39.8 Å². The number of hydrogen-bond donors (Lipinski definition) is 5. The number of rotatable bonds is 4. The Morgan fingerprint density at radius 3 is 2.41 bits per heavy atom. The molecular weight excluding hydrogens is 356 g/mol. The van der Waals surface area contributed by atoms with Crippen LogP contribution in [0.2, 0.25) is 0 Å². The van der Waals surface area contributed by atoms with Gasteiger partial charge >= 0.3 is 0 Å². The summed E-state index contributed by atoms with van der Waals surface area (Å²) >= 11 is 0. The number of hydrogen-bond acceptors (Lipinski definition) is 8. The van der Waals surface area contributed by atoms with E-state index in [1.165, 1.54) is 0 Å². The molecule has 2 saturated carbocycles. The van der Waals surface area contributed by atoms with E-state index in [9.17, 15) is 30.3 Å². The molecule has 1 saturated heterocycles. The summed E-state index contributed by atoms with van der Waals surface area (Å²) in [6.45, 7) is 5.30. The summed E-state index contributed by atoms with van der Waals surface area (Å²) < 4.78 is 11.0. The summed E-state index contributed by atoms with van der Waals surface area (Å²) in [6, 6.07) is 0. The van der Waals surface area contributed by atoms with Crippen LogP contribution in [0.15, 0.2) is 0 Å². The van der Waals surface area contributed by atoms with Gasteiger partial charge in [-0.05, 0) is 24.2 Å². The summed E-state index contributed by atoms with van der Waals surface area (Å²) in [4.78, 5) is 12.3. The zero-order valence-corrected chi connectivity index (χ0v) is 16.2. The Morgan fingerprint density at radius 2 is 1.78 bits per heavy atom. The van der Waals surface area contributed by atoms with Gasteiger partial charge in [0.15, 0.2) is 6.29 Å². The molecule has 3 rings (SSSR count). The first kappa shape index (κ1) is 21.1. The average Bonchev–Trinajstić information content (AvgIpc) is 2.83. The summed E-state index contributed by atoms with van der Waals surface area (Å²) in [6.07, 6.45) is -4.86. The second-order valence-corrected chi connectivity index (χ2v) is 9.43. The first-order valence-electron chi connectivity index (χ1n) is 9.61. The molecule has 8 atom stereocenters. The zero-order chi connectivity index (χ0) is 20.2. The molecule has 3 fully saturated rings. The standard InChI is InChI=1S/C19H32O8/c1-17(2)6-10(21)7-18(3)12(17)4-5-19(18,25)9-26-16-15(24)14(23)13(22)11(8-20)27-16/h11-16,20,22-25H,4-9H2,1-3H3/t11-,12?,13-,14+,15-,16-,18+,19+/m1/s1. The third-order valence-corrected chi connectivity index (χ3v) is 7.17. The lowest BCUT2D eigenvalue weighted by atomic mass is 9.54. The highest BCUT2D eigenvalue weighted by atomic mass is 16.7. The van der Waals surface area contributed by atoms with Gasteiger partial charge in [-0.1, -0.05) is 20.8 Å². The van der Waals surface area contributed by atoms with E-state index in [2.05, 4.69) is 13.8 Å². The van der Waals surface area contributed by atoms with Crippen LogP contribution in [0.5, 0.6) is 0 Å². The molecule has 0 amide bonds. The Bertz CT molecular complexity index is 578. The number of ketones is 1. The highest BCUT2D eigenvalue weighted by Gasteiger charge is 2.63. The SMILES string of the molecule is CC1(C)CC(=O)C[C@@]2(C)C1CC[C@]2(O)CO[C@@H]1O[C@H](CO)[C@@H](O)[C@H](O)[C@H]1O. The number of aliphatic hydroxyl groups excluding tert-OH is 4. The second-order valence-electron chi connectivity index (χ2n) is 9.43. The van der Waals surface area contributed by atoms with Crippen LogP contribution in [0.4, 0.5) is 0 Å². The van der Waals surface area contributed by atoms with Crippen molar-refractivity contribution in [1.29, 1.82) is 0 Å². The van der Waals surface area contributed by atoms with Crippen molar-refractivity contribution in [2.75, 3.05) is 13.2 Å². The Hall–Kier alpha value is -0.610. The van der Waals surface area contributed by atoms with Crippen molar-refractivity contribution in [1.82, 2.24) is 0 Å². The quantitative estimate of drug-likeness (QED) is 0.428. The number of carbonyl (C=O) groups excluding carboxylic acids is 1. The van der Waals surface area contributed by atoms with Crippen LogP contribution in [0.25, 0.3) is 0 Å². The van der Waals surface area contributed by atoms with E-state index in [0.29, 0.717) is 12.8 Å². The average molecular weight is 388 g/mol. The monoisotopic (exact) mass is 388 g/mol. The lowest BCUT2D eigenvalue weighted by Gasteiger charge is -2.51.